The van der Waals surface area contributed by atoms with Gasteiger partial charge in [0.2, 0.25) is 0 Å². The van der Waals surface area contributed by atoms with Crippen molar-refractivity contribution in [2.24, 2.45) is 9.98 Å². The number of hydrogen-bond acceptors (Lipinski definition) is 3. The molecule has 0 bridgehead atoms. The average molecular weight is 963 g/mol. The highest BCUT2D eigenvalue weighted by molar-refractivity contribution is 6.15. The summed E-state index contributed by atoms with van der Waals surface area (Å²) < 4.78 is 7.44. The molecule has 2 aliphatic carbocycles. The van der Waals surface area contributed by atoms with Crippen molar-refractivity contribution in [2.75, 3.05) is 0 Å². The summed E-state index contributed by atoms with van der Waals surface area (Å²) >= 11 is 0. The summed E-state index contributed by atoms with van der Waals surface area (Å²) in [7, 11) is 0. The summed E-state index contributed by atoms with van der Waals surface area (Å²) in [5, 5.41) is 9.90. The van der Waals surface area contributed by atoms with E-state index in [1.54, 1.807) is 0 Å². The molecule has 0 radical (unpaired) electrons. The molecule has 0 saturated carbocycles. The van der Waals surface area contributed by atoms with Gasteiger partial charge >= 0.3 is 0 Å². The third-order valence-electron chi connectivity index (χ3n) is 15.6. The molecular weight excluding hydrogens is 913 g/mol. The maximum absolute atomic E-state index is 5.25. The van der Waals surface area contributed by atoms with Crippen molar-refractivity contribution in [1.82, 2.24) is 19.0 Å². The molecule has 12 aromatic rings. The number of aromatic nitrogens is 3. The van der Waals surface area contributed by atoms with Gasteiger partial charge in [0.05, 0.1) is 39.0 Å². The minimum absolute atomic E-state index is 0.286. The van der Waals surface area contributed by atoms with Gasteiger partial charge in [-0.15, -0.1) is 0 Å². The topological polar surface area (TPSA) is 51.5 Å². The molecule has 75 heavy (non-hydrogen) atoms. The second kappa shape index (κ2) is 17.6. The lowest BCUT2D eigenvalue weighted by Gasteiger charge is -2.24. The summed E-state index contributed by atoms with van der Waals surface area (Å²) in [5.41, 5.74) is 19.8. The van der Waals surface area contributed by atoms with Gasteiger partial charge in [-0.3, -0.25) is 0 Å². The molecule has 1 aliphatic heterocycles. The number of hydrogen-bond donors (Lipinski definition) is 1. The minimum atomic E-state index is -0.286. The van der Waals surface area contributed by atoms with Crippen molar-refractivity contribution < 1.29 is 0 Å². The summed E-state index contributed by atoms with van der Waals surface area (Å²) in [6, 6.07) is 77.3. The zero-order valence-corrected chi connectivity index (χ0v) is 41.2. The van der Waals surface area contributed by atoms with Crippen molar-refractivity contribution in [3.05, 3.63) is 265 Å². The number of fused-ring (bicyclic) bond motifs is 9. The monoisotopic (exact) mass is 962 g/mol. The zero-order chi connectivity index (χ0) is 49.4. The van der Waals surface area contributed by atoms with Gasteiger partial charge in [0.15, 0.2) is 5.84 Å². The van der Waals surface area contributed by atoms with E-state index in [9.17, 15) is 0 Å². The number of para-hydroxylation sites is 3. The Bertz CT molecular complexity index is 4440. The third kappa shape index (κ3) is 7.16. The smallest absolute Gasteiger partial charge is 0.159 e. The van der Waals surface area contributed by atoms with E-state index in [4.69, 9.17) is 9.98 Å². The van der Waals surface area contributed by atoms with E-state index in [-0.39, 0.29) is 6.17 Å². The Hall–Kier alpha value is -9.52. The number of benzene rings is 9. The summed E-state index contributed by atoms with van der Waals surface area (Å²) in [6.45, 7) is 0. The van der Waals surface area contributed by atoms with Gasteiger partial charge < -0.3 is 19.0 Å². The molecular formula is C69H50N6. The molecule has 6 nitrogen and oxygen atoms in total. The van der Waals surface area contributed by atoms with E-state index in [1.165, 1.54) is 71.6 Å². The molecule has 3 aromatic heterocycles. The van der Waals surface area contributed by atoms with E-state index in [0.29, 0.717) is 5.84 Å². The highest BCUT2D eigenvalue weighted by Gasteiger charge is 2.25. The predicted molar refractivity (Wildman–Crippen MR) is 313 cm³/mol. The Balaban J connectivity index is 0.902. The van der Waals surface area contributed by atoms with Crippen LogP contribution in [0.4, 0.5) is 0 Å². The van der Waals surface area contributed by atoms with Gasteiger partial charge in [-0.2, -0.15) is 0 Å². The molecule has 9 aromatic carbocycles. The highest BCUT2D eigenvalue weighted by Crippen LogP contribution is 2.43. The van der Waals surface area contributed by atoms with Gasteiger partial charge in [0.25, 0.3) is 0 Å². The lowest BCUT2D eigenvalue weighted by molar-refractivity contribution is 0.674. The molecule has 1 N–H and O–H groups in total. The van der Waals surface area contributed by atoms with Crippen molar-refractivity contribution in [3.63, 3.8) is 0 Å². The Morgan fingerprint density at radius 1 is 0.400 bits per heavy atom. The van der Waals surface area contributed by atoms with Crippen LogP contribution < -0.4 is 5.32 Å². The lowest BCUT2D eigenvalue weighted by atomic mass is 10.00. The fourth-order valence-electron chi connectivity index (χ4n) is 12.1. The minimum Gasteiger partial charge on any atom is -0.344 e. The first-order valence-corrected chi connectivity index (χ1v) is 26.2. The van der Waals surface area contributed by atoms with Gasteiger partial charge in [-0.05, 0) is 132 Å². The molecule has 0 spiro atoms. The van der Waals surface area contributed by atoms with E-state index in [2.05, 4.69) is 250 Å². The Kier molecular flexibility index (Phi) is 10.1. The Morgan fingerprint density at radius 3 is 1.71 bits per heavy atom. The average Bonchev–Trinajstić information content (AvgIpc) is 4.13. The highest BCUT2D eigenvalue weighted by atomic mass is 15.2. The van der Waals surface area contributed by atoms with Gasteiger partial charge in [0, 0.05) is 49.4 Å². The lowest BCUT2D eigenvalue weighted by Crippen LogP contribution is -2.33. The Labute approximate surface area is 434 Å². The number of aliphatic imine (C=N–C) groups is 2. The molecule has 4 heterocycles. The Morgan fingerprint density at radius 2 is 0.973 bits per heavy atom. The molecule has 0 fully saturated rings. The first kappa shape index (κ1) is 43.1. The van der Waals surface area contributed by atoms with E-state index in [0.717, 1.165) is 81.7 Å². The van der Waals surface area contributed by atoms with Crippen molar-refractivity contribution in [1.29, 1.82) is 0 Å². The van der Waals surface area contributed by atoms with E-state index < -0.39 is 0 Å². The van der Waals surface area contributed by atoms with Crippen molar-refractivity contribution >= 4 is 78.0 Å². The molecule has 3 aliphatic rings. The molecule has 6 heteroatoms. The van der Waals surface area contributed by atoms with Crippen molar-refractivity contribution in [3.8, 4) is 33.6 Å². The number of amidine groups is 2. The molecule has 1 unspecified atom stereocenters. The maximum atomic E-state index is 5.25. The molecule has 0 saturated heterocycles. The predicted octanol–water partition coefficient (Wildman–Crippen LogP) is 16.8. The second-order valence-corrected chi connectivity index (χ2v) is 20.0. The number of rotatable bonds is 8. The fourth-order valence-corrected chi connectivity index (χ4v) is 12.1. The van der Waals surface area contributed by atoms with Crippen LogP contribution in [0.5, 0.6) is 0 Å². The third-order valence-corrected chi connectivity index (χ3v) is 15.6. The van der Waals surface area contributed by atoms with Crippen LogP contribution in [0.15, 0.2) is 247 Å². The van der Waals surface area contributed by atoms with Gasteiger partial charge in [-0.25, -0.2) is 9.98 Å². The molecule has 0 amide bonds. The number of aryl methyl sites for hydroxylation is 1. The van der Waals surface area contributed by atoms with Gasteiger partial charge in [0.1, 0.15) is 12.0 Å². The van der Waals surface area contributed by atoms with Crippen LogP contribution >= 0.6 is 0 Å². The summed E-state index contributed by atoms with van der Waals surface area (Å²) in [5.74, 6) is 1.50. The zero-order valence-electron chi connectivity index (χ0n) is 41.2. The molecule has 356 valence electrons. The number of nitrogens with one attached hydrogen (secondary N) is 1. The van der Waals surface area contributed by atoms with Crippen LogP contribution in [0.3, 0.4) is 0 Å². The van der Waals surface area contributed by atoms with Crippen LogP contribution in [0.2, 0.25) is 0 Å². The van der Waals surface area contributed by atoms with Crippen LogP contribution in [0, 0.1) is 0 Å². The van der Waals surface area contributed by atoms with Crippen LogP contribution in [-0.4, -0.2) is 25.4 Å². The van der Waals surface area contributed by atoms with E-state index >= 15 is 0 Å². The maximum Gasteiger partial charge on any atom is 0.159 e. The fraction of sp³-hybridized carbons (Fsp3) is 0.0725. The summed E-state index contributed by atoms with van der Waals surface area (Å²) in [4.78, 5) is 10.4. The second-order valence-electron chi connectivity index (χ2n) is 20.0. The van der Waals surface area contributed by atoms with Gasteiger partial charge in [-0.1, -0.05) is 170 Å². The quantitative estimate of drug-likeness (QED) is 0.162. The molecule has 15 rings (SSSR count). The summed E-state index contributed by atoms with van der Waals surface area (Å²) in [6.07, 6.45) is 15.5. The first-order valence-electron chi connectivity index (χ1n) is 26.2. The van der Waals surface area contributed by atoms with Crippen molar-refractivity contribution in [2.45, 2.75) is 31.8 Å². The SMILES string of the molecule is C1=CC(n2c3ccccc3c3cc(-c4ccc5c(c4)c4ccccc4n5-c4ccc(-c5cccc(C6=NC(c7ccccc7)NC(c7ccccc7)=N6)c5)cc4-n4c5c(c6ccccc64)CCC=C5)ccc32)=CCC1. The van der Waals surface area contributed by atoms with E-state index in [1.807, 2.05) is 12.1 Å². The first-order chi connectivity index (χ1) is 37.2. The molecule has 1 atom stereocenters. The largest absolute Gasteiger partial charge is 0.344 e. The van der Waals surface area contributed by atoms with Crippen LogP contribution in [0.1, 0.15) is 53.4 Å². The standard InChI is InChI=1S/C69H50N6/c1-4-19-45(20-5-1)67-70-68(46-21-6-2-7-22-46)72-69(71-67)51-24-18-23-47(41-51)50-37-40-65(66(44-50)75-60-32-15-10-27-53(60)54-28-11-16-33-61(54)75)74-62-34-17-13-30-56(62)58-43-49(36-39-64(58)74)48-35-38-63-57(42-48)55-29-12-14-31-59(55)73(63)52-25-8-3-9-26-52/h1-2,4-8,10,12-27,29-44,67H,3,9,11,28H2,(H,70,71,72). The van der Waals surface area contributed by atoms with Crippen LogP contribution in [-0.2, 0) is 6.42 Å². The number of nitrogens with zero attached hydrogens (tertiary/aromatic N) is 5. The number of allylic oxidation sites excluding steroid dienone is 5. The van der Waals surface area contributed by atoms with Crippen LogP contribution in [0.25, 0.3) is 99.9 Å². The normalized spacial score (nSPS) is 15.4.